The highest BCUT2D eigenvalue weighted by molar-refractivity contribution is 7.73. The summed E-state index contributed by atoms with van der Waals surface area (Å²) >= 11 is 0. The van der Waals surface area contributed by atoms with Crippen LogP contribution in [-0.4, -0.2) is 21.6 Å². The van der Waals surface area contributed by atoms with Crippen molar-refractivity contribution in [2.45, 2.75) is 6.73 Å². The zero-order valence-electron chi connectivity index (χ0n) is 9.35. The molecule has 1 atom stereocenters. The van der Waals surface area contributed by atoms with Crippen LogP contribution in [0, 0.1) is 0 Å². The van der Waals surface area contributed by atoms with Crippen LogP contribution in [0.4, 0.5) is 0 Å². The highest BCUT2D eigenvalue weighted by atomic mass is 31.2. The molecule has 0 aliphatic carbocycles. The van der Waals surface area contributed by atoms with Gasteiger partial charge in [-0.25, -0.2) is 4.98 Å². The van der Waals surface area contributed by atoms with E-state index in [0.717, 1.165) is 0 Å². The average molecular weight is 252 g/mol. The van der Waals surface area contributed by atoms with Crippen LogP contribution in [0.5, 0.6) is 0 Å². The fourth-order valence-corrected chi connectivity index (χ4v) is 3.06. The van der Waals surface area contributed by atoms with Gasteiger partial charge in [-0.3, -0.25) is 4.57 Å². The Morgan fingerprint density at radius 3 is 2.76 bits per heavy atom. The van der Waals surface area contributed by atoms with Crippen LogP contribution >= 0.6 is 7.37 Å². The maximum atomic E-state index is 12.4. The Morgan fingerprint density at radius 1 is 1.41 bits per heavy atom. The topological polar surface area (TPSA) is 64.4 Å². The number of nitrogens with zero attached hydrogens (tertiary/aromatic N) is 2. The van der Waals surface area contributed by atoms with Gasteiger partial charge in [-0.2, -0.15) is 0 Å². The molecular formula is C11H13N2O3P. The van der Waals surface area contributed by atoms with Gasteiger partial charge in [-0.15, -0.1) is 0 Å². The molecule has 0 amide bonds. The predicted molar refractivity (Wildman–Crippen MR) is 64.8 cm³/mol. The summed E-state index contributed by atoms with van der Waals surface area (Å²) in [6, 6.07) is 8.48. The molecule has 1 unspecified atom stereocenters. The van der Waals surface area contributed by atoms with E-state index in [-0.39, 0.29) is 12.3 Å². The van der Waals surface area contributed by atoms with E-state index in [1.54, 1.807) is 36.5 Å². The second kappa shape index (κ2) is 4.84. The van der Waals surface area contributed by atoms with Crippen LogP contribution in [-0.2, 0) is 16.0 Å². The van der Waals surface area contributed by atoms with Crippen molar-refractivity contribution in [2.75, 3.05) is 7.11 Å². The summed E-state index contributed by atoms with van der Waals surface area (Å²) in [6.07, 6.45) is 3.10. The minimum absolute atomic E-state index is 0.130. The second-order valence-electron chi connectivity index (χ2n) is 3.53. The molecule has 2 aromatic rings. The summed E-state index contributed by atoms with van der Waals surface area (Å²) in [5.41, 5.74) is 0.130. The van der Waals surface area contributed by atoms with Crippen LogP contribution in [0.1, 0.15) is 0 Å². The fraction of sp³-hybridized carbons (Fsp3) is 0.182. The van der Waals surface area contributed by atoms with Gasteiger partial charge < -0.3 is 14.2 Å². The molecule has 0 saturated carbocycles. The second-order valence-corrected chi connectivity index (χ2v) is 5.59. The molecule has 0 bridgehead atoms. The van der Waals surface area contributed by atoms with Crippen molar-refractivity contribution in [3.05, 3.63) is 42.7 Å². The Morgan fingerprint density at radius 2 is 2.12 bits per heavy atom. The van der Waals surface area contributed by atoms with Gasteiger partial charge in [0.25, 0.3) is 7.37 Å². The van der Waals surface area contributed by atoms with E-state index in [1.165, 1.54) is 17.9 Å². The molecule has 0 aliphatic heterocycles. The molecule has 0 aliphatic rings. The van der Waals surface area contributed by atoms with Gasteiger partial charge in [0.2, 0.25) is 5.57 Å². The summed E-state index contributed by atoms with van der Waals surface area (Å²) < 4.78 is 18.9. The minimum Gasteiger partial charge on any atom is -0.364 e. The van der Waals surface area contributed by atoms with Crippen molar-refractivity contribution in [2.24, 2.45) is 0 Å². The van der Waals surface area contributed by atoms with Crippen molar-refractivity contribution in [1.82, 2.24) is 9.55 Å². The third-order valence-electron chi connectivity index (χ3n) is 2.34. The Labute approximate surface area is 99.1 Å². The summed E-state index contributed by atoms with van der Waals surface area (Å²) in [6.45, 7) is 0.201. The maximum absolute atomic E-state index is 12.4. The Kier molecular flexibility index (Phi) is 3.43. The third kappa shape index (κ3) is 2.31. The molecule has 1 N–H and O–H groups in total. The lowest BCUT2D eigenvalue weighted by atomic mass is 10.4. The van der Waals surface area contributed by atoms with Crippen molar-refractivity contribution in [3.8, 4) is 0 Å². The van der Waals surface area contributed by atoms with Gasteiger partial charge in [0.1, 0.15) is 6.73 Å². The molecule has 6 heteroatoms. The first-order valence-electron chi connectivity index (χ1n) is 5.05. The summed E-state index contributed by atoms with van der Waals surface area (Å²) in [5.74, 6) is 0. The highest BCUT2D eigenvalue weighted by Crippen LogP contribution is 2.36. The molecule has 1 aromatic heterocycles. The van der Waals surface area contributed by atoms with E-state index in [4.69, 9.17) is 4.74 Å². The number of methoxy groups -OCH3 is 1. The molecule has 0 radical (unpaired) electrons. The first kappa shape index (κ1) is 12.0. The third-order valence-corrected chi connectivity index (χ3v) is 4.25. The molecular weight excluding hydrogens is 239 g/mol. The number of rotatable bonds is 4. The molecule has 0 spiro atoms. The van der Waals surface area contributed by atoms with Crippen LogP contribution in [0.15, 0.2) is 42.7 Å². The Balaban J connectivity index is 2.45. The average Bonchev–Trinajstić information content (AvgIpc) is 2.80. The van der Waals surface area contributed by atoms with Gasteiger partial charge in [0, 0.05) is 24.8 Å². The lowest BCUT2D eigenvalue weighted by Crippen LogP contribution is -2.25. The van der Waals surface area contributed by atoms with Crippen molar-refractivity contribution in [1.29, 1.82) is 0 Å². The van der Waals surface area contributed by atoms with E-state index in [1.807, 2.05) is 0 Å². The smallest absolute Gasteiger partial charge is 0.293 e. The van der Waals surface area contributed by atoms with E-state index in [2.05, 4.69) is 4.98 Å². The summed E-state index contributed by atoms with van der Waals surface area (Å²) in [5, 5.41) is 0.364. The lowest BCUT2D eigenvalue weighted by molar-refractivity contribution is 0.133. The van der Waals surface area contributed by atoms with Crippen LogP contribution in [0.2, 0.25) is 0 Å². The Hall–Kier alpha value is -1.42. The molecule has 0 saturated heterocycles. The standard InChI is InChI=1S/C11H13N2O3P/c1-16-9-13-8-7-12-11(13)17(14,15)10-5-3-2-4-6-10/h2-8H,9H2,1H3,(H,14,15). The predicted octanol–water partition coefficient (Wildman–Crippen LogP) is 0.708. The van der Waals surface area contributed by atoms with Crippen molar-refractivity contribution in [3.63, 3.8) is 0 Å². The maximum Gasteiger partial charge on any atom is 0.293 e. The summed E-state index contributed by atoms with van der Waals surface area (Å²) in [7, 11) is -2.12. The number of ether oxygens (including phenoxy) is 1. The van der Waals surface area contributed by atoms with Crippen molar-refractivity contribution < 1.29 is 14.2 Å². The van der Waals surface area contributed by atoms with E-state index in [9.17, 15) is 9.46 Å². The van der Waals surface area contributed by atoms with Gasteiger partial charge in [-0.05, 0) is 12.1 Å². The monoisotopic (exact) mass is 252 g/mol. The Bertz CT molecular complexity index is 539. The zero-order chi connectivity index (χ0) is 12.3. The molecule has 0 fully saturated rings. The quantitative estimate of drug-likeness (QED) is 0.814. The molecule has 1 aromatic carbocycles. The van der Waals surface area contributed by atoms with Crippen LogP contribution in [0.3, 0.4) is 0 Å². The first-order valence-corrected chi connectivity index (χ1v) is 6.71. The SMILES string of the molecule is COCn1ccnc1P(=O)(O)c1ccccc1. The molecule has 2 rings (SSSR count). The van der Waals surface area contributed by atoms with Gasteiger partial charge in [0.15, 0.2) is 0 Å². The zero-order valence-corrected chi connectivity index (χ0v) is 10.2. The summed E-state index contributed by atoms with van der Waals surface area (Å²) in [4.78, 5) is 14.1. The minimum atomic E-state index is -3.64. The number of aromatic nitrogens is 2. The largest absolute Gasteiger partial charge is 0.364 e. The lowest BCUT2D eigenvalue weighted by Gasteiger charge is -2.13. The fourth-order valence-electron chi connectivity index (χ4n) is 1.56. The van der Waals surface area contributed by atoms with E-state index >= 15 is 0 Å². The number of hydrogen-bond acceptors (Lipinski definition) is 3. The van der Waals surface area contributed by atoms with Crippen LogP contribution < -0.4 is 10.9 Å². The molecule has 90 valence electrons. The van der Waals surface area contributed by atoms with Gasteiger partial charge in [0.05, 0.1) is 0 Å². The molecule has 5 nitrogen and oxygen atoms in total. The van der Waals surface area contributed by atoms with E-state index in [0.29, 0.717) is 5.30 Å². The molecule has 1 heterocycles. The number of benzene rings is 1. The van der Waals surface area contributed by atoms with Gasteiger partial charge in [-0.1, -0.05) is 18.2 Å². The highest BCUT2D eigenvalue weighted by Gasteiger charge is 2.28. The molecule has 17 heavy (non-hydrogen) atoms. The first-order chi connectivity index (χ1) is 8.16. The number of hydrogen-bond donors (Lipinski definition) is 1. The van der Waals surface area contributed by atoms with Crippen molar-refractivity contribution >= 4 is 18.2 Å². The van der Waals surface area contributed by atoms with Crippen LogP contribution in [0.25, 0.3) is 0 Å². The van der Waals surface area contributed by atoms with Gasteiger partial charge >= 0.3 is 0 Å². The number of imidazole rings is 1. The van der Waals surface area contributed by atoms with E-state index < -0.39 is 7.37 Å². The normalized spacial score (nSPS) is 14.5.